The Bertz CT molecular complexity index is 838. The first kappa shape index (κ1) is 20.5. The molecular formula is C23H28N2O2S. The van der Waals surface area contributed by atoms with Gasteiger partial charge in [-0.2, -0.15) is 0 Å². The van der Waals surface area contributed by atoms with E-state index in [2.05, 4.69) is 50.4 Å². The molecule has 5 heteroatoms. The molecule has 1 aliphatic rings. The van der Waals surface area contributed by atoms with Gasteiger partial charge < -0.3 is 10.2 Å². The summed E-state index contributed by atoms with van der Waals surface area (Å²) in [5, 5.41) is 2.88. The van der Waals surface area contributed by atoms with E-state index in [0.29, 0.717) is 12.3 Å². The van der Waals surface area contributed by atoms with Crippen LogP contribution < -0.4 is 5.32 Å². The third kappa shape index (κ3) is 4.96. The minimum absolute atomic E-state index is 0.0197. The van der Waals surface area contributed by atoms with Gasteiger partial charge in [-0.3, -0.25) is 9.59 Å². The van der Waals surface area contributed by atoms with Crippen molar-refractivity contribution in [1.82, 2.24) is 4.90 Å². The lowest BCUT2D eigenvalue weighted by molar-refractivity contribution is -0.128. The highest BCUT2D eigenvalue weighted by Crippen LogP contribution is 2.39. The average molecular weight is 397 g/mol. The van der Waals surface area contributed by atoms with Crippen LogP contribution in [0.25, 0.3) is 0 Å². The number of nitrogens with zero attached hydrogens (tertiary/aromatic N) is 1. The molecule has 0 bridgehead atoms. The second-order valence-electron chi connectivity index (χ2n) is 8.29. The molecule has 2 aromatic rings. The summed E-state index contributed by atoms with van der Waals surface area (Å²) in [6.45, 7) is 9.00. The predicted molar refractivity (Wildman–Crippen MR) is 116 cm³/mol. The second-order valence-corrected chi connectivity index (χ2v) is 9.36. The lowest BCUT2D eigenvalue weighted by atomic mass is 9.86. The zero-order valence-corrected chi connectivity index (χ0v) is 17.8. The van der Waals surface area contributed by atoms with E-state index in [-0.39, 0.29) is 29.0 Å². The number of amides is 2. The quantitative estimate of drug-likeness (QED) is 0.782. The van der Waals surface area contributed by atoms with Crippen molar-refractivity contribution in [1.29, 1.82) is 0 Å². The molecule has 0 spiro atoms. The topological polar surface area (TPSA) is 49.4 Å². The summed E-state index contributed by atoms with van der Waals surface area (Å²) in [6.07, 6.45) is 0.288. The molecule has 1 unspecified atom stereocenters. The van der Waals surface area contributed by atoms with Gasteiger partial charge in [0.1, 0.15) is 5.37 Å². The molecule has 1 heterocycles. The number of carbonyl (C=O) groups is 2. The van der Waals surface area contributed by atoms with Gasteiger partial charge in [-0.25, -0.2) is 0 Å². The molecule has 0 radical (unpaired) electrons. The normalized spacial score (nSPS) is 17.1. The molecule has 2 aromatic carbocycles. The Balaban J connectivity index is 1.62. The molecule has 28 heavy (non-hydrogen) atoms. The summed E-state index contributed by atoms with van der Waals surface area (Å²) >= 11 is 1.63. The number of benzene rings is 2. The van der Waals surface area contributed by atoms with Gasteiger partial charge in [0.15, 0.2) is 0 Å². The molecule has 1 atom stereocenters. The zero-order valence-electron chi connectivity index (χ0n) is 17.0. The molecule has 0 aliphatic carbocycles. The van der Waals surface area contributed by atoms with E-state index in [4.69, 9.17) is 0 Å². The summed E-state index contributed by atoms with van der Waals surface area (Å²) in [4.78, 5) is 26.5. The fourth-order valence-electron chi connectivity index (χ4n) is 3.20. The fourth-order valence-corrected chi connectivity index (χ4v) is 4.42. The highest BCUT2D eigenvalue weighted by molar-refractivity contribution is 8.00. The number of thioether (sulfide) groups is 1. The second kappa shape index (κ2) is 8.39. The van der Waals surface area contributed by atoms with Crippen LogP contribution in [-0.2, 0) is 15.0 Å². The standard InChI is InChI=1S/C23H28N2O2S/c1-16-5-11-19(12-6-16)24-20(26)13-14-25-21(27)15-28-22(25)17-7-9-18(10-8-17)23(2,3)4/h5-12,22H,13-15H2,1-4H3,(H,24,26). The Morgan fingerprint density at radius 1 is 1.11 bits per heavy atom. The lowest BCUT2D eigenvalue weighted by Crippen LogP contribution is -2.31. The number of rotatable bonds is 5. The first-order valence-electron chi connectivity index (χ1n) is 9.62. The largest absolute Gasteiger partial charge is 0.326 e. The van der Waals surface area contributed by atoms with Gasteiger partial charge in [-0.05, 0) is 35.6 Å². The van der Waals surface area contributed by atoms with Gasteiger partial charge in [0.25, 0.3) is 0 Å². The van der Waals surface area contributed by atoms with Crippen LogP contribution in [0.4, 0.5) is 5.69 Å². The van der Waals surface area contributed by atoms with E-state index in [0.717, 1.165) is 16.8 Å². The minimum atomic E-state index is -0.0737. The van der Waals surface area contributed by atoms with E-state index in [1.807, 2.05) is 36.1 Å². The number of aryl methyl sites for hydroxylation is 1. The van der Waals surface area contributed by atoms with Gasteiger partial charge in [0.2, 0.25) is 11.8 Å². The first-order valence-corrected chi connectivity index (χ1v) is 10.7. The molecule has 1 aliphatic heterocycles. The Labute approximate surface area is 171 Å². The molecule has 0 saturated carbocycles. The van der Waals surface area contributed by atoms with E-state index in [1.54, 1.807) is 11.8 Å². The van der Waals surface area contributed by atoms with Crippen LogP contribution in [0.2, 0.25) is 0 Å². The Morgan fingerprint density at radius 3 is 2.36 bits per heavy atom. The van der Waals surface area contributed by atoms with Gasteiger partial charge in [-0.1, -0.05) is 62.7 Å². The van der Waals surface area contributed by atoms with Crippen molar-refractivity contribution >= 4 is 29.3 Å². The number of anilines is 1. The van der Waals surface area contributed by atoms with Crippen molar-refractivity contribution in [2.24, 2.45) is 0 Å². The fraction of sp³-hybridized carbons (Fsp3) is 0.391. The Kier molecular flexibility index (Phi) is 6.14. The molecule has 1 N–H and O–H groups in total. The summed E-state index contributed by atoms with van der Waals surface area (Å²) in [6, 6.07) is 16.2. The van der Waals surface area contributed by atoms with Gasteiger partial charge in [0.05, 0.1) is 5.75 Å². The average Bonchev–Trinajstić information content (AvgIpc) is 3.02. The smallest absolute Gasteiger partial charge is 0.233 e. The summed E-state index contributed by atoms with van der Waals surface area (Å²) < 4.78 is 0. The third-order valence-corrected chi connectivity index (χ3v) is 6.20. The molecule has 3 rings (SSSR count). The summed E-state index contributed by atoms with van der Waals surface area (Å²) in [5.41, 5.74) is 4.42. The lowest BCUT2D eigenvalue weighted by Gasteiger charge is -2.25. The highest BCUT2D eigenvalue weighted by atomic mass is 32.2. The van der Waals surface area contributed by atoms with Crippen LogP contribution in [-0.4, -0.2) is 29.0 Å². The minimum Gasteiger partial charge on any atom is -0.326 e. The van der Waals surface area contributed by atoms with Crippen molar-refractivity contribution in [3.63, 3.8) is 0 Å². The Morgan fingerprint density at radius 2 is 1.75 bits per heavy atom. The van der Waals surface area contributed by atoms with Crippen LogP contribution >= 0.6 is 11.8 Å². The maximum Gasteiger partial charge on any atom is 0.233 e. The van der Waals surface area contributed by atoms with E-state index in [9.17, 15) is 9.59 Å². The van der Waals surface area contributed by atoms with Crippen molar-refractivity contribution in [3.8, 4) is 0 Å². The number of carbonyl (C=O) groups excluding carboxylic acids is 2. The highest BCUT2D eigenvalue weighted by Gasteiger charge is 2.33. The van der Waals surface area contributed by atoms with E-state index < -0.39 is 0 Å². The van der Waals surface area contributed by atoms with Crippen LogP contribution in [0, 0.1) is 6.92 Å². The molecular weight excluding hydrogens is 368 g/mol. The number of hydrogen-bond acceptors (Lipinski definition) is 3. The van der Waals surface area contributed by atoms with Crippen molar-refractivity contribution in [2.45, 2.75) is 44.9 Å². The van der Waals surface area contributed by atoms with Crippen molar-refractivity contribution in [2.75, 3.05) is 17.6 Å². The maximum absolute atomic E-state index is 12.4. The van der Waals surface area contributed by atoms with Crippen molar-refractivity contribution < 1.29 is 9.59 Å². The maximum atomic E-state index is 12.4. The van der Waals surface area contributed by atoms with E-state index >= 15 is 0 Å². The monoisotopic (exact) mass is 396 g/mol. The van der Waals surface area contributed by atoms with Crippen molar-refractivity contribution in [3.05, 3.63) is 65.2 Å². The molecule has 4 nitrogen and oxygen atoms in total. The van der Waals surface area contributed by atoms with Crippen LogP contribution in [0.1, 0.15) is 49.3 Å². The summed E-state index contributed by atoms with van der Waals surface area (Å²) in [7, 11) is 0. The molecule has 148 valence electrons. The van der Waals surface area contributed by atoms with Crippen LogP contribution in [0.3, 0.4) is 0 Å². The molecule has 0 aromatic heterocycles. The van der Waals surface area contributed by atoms with Gasteiger partial charge in [0, 0.05) is 18.7 Å². The zero-order chi connectivity index (χ0) is 20.3. The van der Waals surface area contributed by atoms with Gasteiger partial charge in [-0.15, -0.1) is 11.8 Å². The molecule has 1 saturated heterocycles. The summed E-state index contributed by atoms with van der Waals surface area (Å²) in [5.74, 6) is 0.485. The SMILES string of the molecule is Cc1ccc(NC(=O)CCN2C(=O)CSC2c2ccc(C(C)(C)C)cc2)cc1. The van der Waals surface area contributed by atoms with Crippen LogP contribution in [0.15, 0.2) is 48.5 Å². The number of nitrogens with one attached hydrogen (secondary N) is 1. The Hall–Kier alpha value is -2.27. The molecule has 2 amide bonds. The van der Waals surface area contributed by atoms with Crippen LogP contribution in [0.5, 0.6) is 0 Å². The predicted octanol–water partition coefficient (Wildman–Crippen LogP) is 4.90. The van der Waals surface area contributed by atoms with E-state index in [1.165, 1.54) is 5.56 Å². The first-order chi connectivity index (χ1) is 13.2. The van der Waals surface area contributed by atoms with Gasteiger partial charge >= 0.3 is 0 Å². The number of hydrogen-bond donors (Lipinski definition) is 1. The third-order valence-electron chi connectivity index (χ3n) is 4.95. The molecule has 1 fully saturated rings.